The highest BCUT2D eigenvalue weighted by Gasteiger charge is 2.36. The van der Waals surface area contributed by atoms with Crippen LogP contribution in [-0.2, 0) is 34.1 Å². The molecular weight excluding hydrogens is 561 g/mol. The molecule has 1 aliphatic carbocycles. The normalized spacial score (nSPS) is 18.1. The Morgan fingerprint density at radius 3 is 2.23 bits per heavy atom. The Labute approximate surface area is 238 Å². The van der Waals surface area contributed by atoms with E-state index in [1.165, 1.54) is 28.6 Å². The van der Waals surface area contributed by atoms with Gasteiger partial charge < -0.3 is 5.32 Å². The summed E-state index contributed by atoms with van der Waals surface area (Å²) in [5.41, 5.74) is 1.25. The van der Waals surface area contributed by atoms with E-state index in [-0.39, 0.29) is 41.3 Å². The van der Waals surface area contributed by atoms with E-state index in [9.17, 15) is 26.4 Å². The molecule has 0 radical (unpaired) electrons. The van der Waals surface area contributed by atoms with Gasteiger partial charge >= 0.3 is 6.18 Å². The van der Waals surface area contributed by atoms with Crippen molar-refractivity contribution in [2.45, 2.75) is 56.8 Å². The third kappa shape index (κ3) is 7.44. The number of sulfonamides is 1. The van der Waals surface area contributed by atoms with Gasteiger partial charge in [-0.1, -0.05) is 71.8 Å². The number of halogens is 4. The highest BCUT2D eigenvalue weighted by molar-refractivity contribution is 7.89. The van der Waals surface area contributed by atoms with Crippen LogP contribution in [0.1, 0.15) is 47.9 Å². The van der Waals surface area contributed by atoms with Crippen molar-refractivity contribution in [1.82, 2.24) is 9.62 Å². The van der Waals surface area contributed by atoms with Gasteiger partial charge in [-0.25, -0.2) is 8.42 Å². The lowest BCUT2D eigenvalue weighted by molar-refractivity contribution is -0.137. The third-order valence-electron chi connectivity index (χ3n) is 7.38. The van der Waals surface area contributed by atoms with Gasteiger partial charge in [0.1, 0.15) is 0 Å². The van der Waals surface area contributed by atoms with Crippen LogP contribution in [0.2, 0.25) is 5.02 Å². The quantitative estimate of drug-likeness (QED) is 0.291. The lowest BCUT2D eigenvalue weighted by Gasteiger charge is -2.32. The van der Waals surface area contributed by atoms with Crippen molar-refractivity contribution in [3.05, 3.63) is 100 Å². The van der Waals surface area contributed by atoms with E-state index in [0.717, 1.165) is 17.2 Å². The fourth-order valence-electron chi connectivity index (χ4n) is 5.03. The third-order valence-corrected chi connectivity index (χ3v) is 9.65. The highest BCUT2D eigenvalue weighted by atomic mass is 35.5. The molecule has 0 unspecified atom stereocenters. The monoisotopic (exact) mass is 592 g/mol. The molecule has 0 aliphatic heterocycles. The first-order chi connectivity index (χ1) is 18.9. The van der Waals surface area contributed by atoms with Crippen LogP contribution in [-0.4, -0.2) is 25.2 Å². The molecule has 40 heavy (non-hydrogen) atoms. The average Bonchev–Trinajstić information content (AvgIpc) is 2.93. The molecule has 0 atom stereocenters. The molecule has 0 spiro atoms. The molecule has 3 aromatic carbocycles. The number of amides is 1. The number of carbonyl (C=O) groups excluding carboxylic acids is 1. The van der Waals surface area contributed by atoms with Gasteiger partial charge in [0.05, 0.1) is 15.5 Å². The van der Waals surface area contributed by atoms with E-state index < -0.39 is 26.8 Å². The SMILES string of the molecule is Cc1ccc(CNC(=O)C2CCC(CN(Cc3cccc(C(F)(F)F)c3Cl)S(=O)(=O)c3ccccc3)CC2)cc1. The lowest BCUT2D eigenvalue weighted by atomic mass is 9.81. The molecule has 1 N–H and O–H groups in total. The number of nitrogens with zero attached hydrogens (tertiary/aromatic N) is 1. The molecule has 1 fully saturated rings. The fourth-order valence-corrected chi connectivity index (χ4v) is 6.84. The first kappa shape index (κ1) is 30.1. The summed E-state index contributed by atoms with van der Waals surface area (Å²) in [6.07, 6.45) is -2.20. The van der Waals surface area contributed by atoms with Crippen molar-refractivity contribution in [2.24, 2.45) is 11.8 Å². The molecule has 5 nitrogen and oxygen atoms in total. The summed E-state index contributed by atoms with van der Waals surface area (Å²) < 4.78 is 68.8. The Morgan fingerprint density at radius 2 is 1.60 bits per heavy atom. The van der Waals surface area contributed by atoms with Crippen molar-refractivity contribution in [2.75, 3.05) is 6.54 Å². The summed E-state index contributed by atoms with van der Waals surface area (Å²) >= 11 is 6.13. The molecule has 1 aliphatic rings. The second-order valence-corrected chi connectivity index (χ2v) is 12.6. The van der Waals surface area contributed by atoms with Gasteiger partial charge in [0.15, 0.2) is 0 Å². The molecule has 0 aromatic heterocycles. The zero-order valence-corrected chi connectivity index (χ0v) is 23.7. The number of benzene rings is 3. The van der Waals surface area contributed by atoms with E-state index in [0.29, 0.717) is 32.2 Å². The van der Waals surface area contributed by atoms with Gasteiger partial charge in [0.25, 0.3) is 0 Å². The zero-order chi connectivity index (χ0) is 28.9. The van der Waals surface area contributed by atoms with E-state index in [2.05, 4.69) is 5.32 Å². The molecule has 3 aromatic rings. The minimum atomic E-state index is -4.66. The summed E-state index contributed by atoms with van der Waals surface area (Å²) in [5.74, 6) is -0.244. The molecule has 0 bridgehead atoms. The number of rotatable bonds is 9. The van der Waals surface area contributed by atoms with Crippen molar-refractivity contribution in [3.8, 4) is 0 Å². The van der Waals surface area contributed by atoms with Gasteiger partial charge in [-0.05, 0) is 67.9 Å². The summed E-state index contributed by atoms with van der Waals surface area (Å²) in [6, 6.07) is 19.3. The number of hydrogen-bond donors (Lipinski definition) is 1. The summed E-state index contributed by atoms with van der Waals surface area (Å²) in [5, 5.41) is 2.49. The van der Waals surface area contributed by atoms with Crippen molar-refractivity contribution < 1.29 is 26.4 Å². The van der Waals surface area contributed by atoms with Crippen LogP contribution in [0.25, 0.3) is 0 Å². The maximum absolute atomic E-state index is 13.6. The van der Waals surface area contributed by atoms with Gasteiger partial charge in [-0.2, -0.15) is 17.5 Å². The fraction of sp³-hybridized carbons (Fsp3) is 0.367. The van der Waals surface area contributed by atoms with Gasteiger partial charge in [-0.15, -0.1) is 0 Å². The summed E-state index contributed by atoms with van der Waals surface area (Å²) in [4.78, 5) is 12.8. The van der Waals surface area contributed by atoms with Crippen molar-refractivity contribution in [3.63, 3.8) is 0 Å². The van der Waals surface area contributed by atoms with Gasteiger partial charge in [-0.3, -0.25) is 4.79 Å². The minimum Gasteiger partial charge on any atom is -0.352 e. The Balaban J connectivity index is 1.46. The predicted octanol–water partition coefficient (Wildman–Crippen LogP) is 6.98. The number of alkyl halides is 3. The minimum absolute atomic E-state index is 0.0245. The van der Waals surface area contributed by atoms with E-state index in [4.69, 9.17) is 11.6 Å². The van der Waals surface area contributed by atoms with Crippen LogP contribution >= 0.6 is 11.6 Å². The van der Waals surface area contributed by atoms with Crippen LogP contribution in [0.3, 0.4) is 0 Å². The van der Waals surface area contributed by atoms with Gasteiger partial charge in [0.2, 0.25) is 15.9 Å². The second kappa shape index (κ2) is 12.7. The molecule has 10 heteroatoms. The first-order valence-electron chi connectivity index (χ1n) is 13.2. The molecule has 0 saturated heterocycles. The van der Waals surface area contributed by atoms with Crippen LogP contribution in [0.5, 0.6) is 0 Å². The van der Waals surface area contributed by atoms with E-state index >= 15 is 0 Å². The maximum Gasteiger partial charge on any atom is 0.417 e. The Hall–Kier alpha value is -2.88. The van der Waals surface area contributed by atoms with E-state index in [1.807, 2.05) is 31.2 Å². The molecule has 0 heterocycles. The summed E-state index contributed by atoms with van der Waals surface area (Å²) in [6.45, 7) is 2.26. The number of carbonyl (C=O) groups is 1. The Bertz CT molecular complexity index is 1410. The smallest absolute Gasteiger partial charge is 0.352 e. The van der Waals surface area contributed by atoms with E-state index in [1.54, 1.807) is 18.2 Å². The molecule has 214 valence electrons. The molecule has 4 rings (SSSR count). The summed E-state index contributed by atoms with van der Waals surface area (Å²) in [7, 11) is -4.02. The van der Waals surface area contributed by atoms with Gasteiger partial charge in [0, 0.05) is 25.6 Å². The predicted molar refractivity (Wildman–Crippen MR) is 149 cm³/mol. The van der Waals surface area contributed by atoms with Crippen LogP contribution in [0.4, 0.5) is 13.2 Å². The van der Waals surface area contributed by atoms with Crippen LogP contribution < -0.4 is 5.32 Å². The standard InChI is InChI=1S/C30H32ClF3N2O3S/c1-21-10-12-22(13-11-21)18-35-29(37)24-16-14-23(15-17-24)19-36(40(38,39)26-7-3-2-4-8-26)20-25-6-5-9-27(28(25)31)30(32,33)34/h2-13,23-24H,14-20H2,1H3,(H,35,37). The Kier molecular flexibility index (Phi) is 9.59. The topological polar surface area (TPSA) is 66.5 Å². The van der Waals surface area contributed by atoms with Crippen LogP contribution in [0, 0.1) is 18.8 Å². The van der Waals surface area contributed by atoms with Crippen molar-refractivity contribution >= 4 is 27.5 Å². The maximum atomic E-state index is 13.6. The molecule has 1 amide bonds. The number of aryl methyl sites for hydroxylation is 1. The molecule has 1 saturated carbocycles. The first-order valence-corrected chi connectivity index (χ1v) is 15.0. The molecular formula is C30H32ClF3N2O3S. The second-order valence-electron chi connectivity index (χ2n) is 10.3. The van der Waals surface area contributed by atoms with Crippen LogP contribution in [0.15, 0.2) is 77.7 Å². The zero-order valence-electron chi connectivity index (χ0n) is 22.1. The average molecular weight is 593 g/mol. The number of hydrogen-bond acceptors (Lipinski definition) is 3. The Morgan fingerprint density at radius 1 is 0.950 bits per heavy atom. The van der Waals surface area contributed by atoms with Crippen molar-refractivity contribution in [1.29, 1.82) is 0 Å². The largest absolute Gasteiger partial charge is 0.417 e. The lowest BCUT2D eigenvalue weighted by Crippen LogP contribution is -2.38. The highest BCUT2D eigenvalue weighted by Crippen LogP contribution is 2.38. The number of nitrogens with one attached hydrogen (secondary N) is 1.